The quantitative estimate of drug-likeness (QED) is 0.672. The number of carbonyl (C=O) groups excluding carboxylic acids is 1. The summed E-state index contributed by atoms with van der Waals surface area (Å²) in [7, 11) is 1.38. The molecule has 1 atom stereocenters. The van der Waals surface area contributed by atoms with E-state index in [9.17, 15) is 4.79 Å². The summed E-state index contributed by atoms with van der Waals surface area (Å²) in [6.07, 6.45) is 4.03. The van der Waals surface area contributed by atoms with Gasteiger partial charge in [0.15, 0.2) is 11.5 Å². The molecule has 1 unspecified atom stereocenters. The monoisotopic (exact) mass is 405 g/mol. The molecule has 1 aromatic carbocycles. The van der Waals surface area contributed by atoms with Crippen LogP contribution in [0.4, 0.5) is 5.82 Å². The molecule has 0 aliphatic carbocycles. The number of hydrogen-bond acceptors (Lipinski definition) is 7. The fourth-order valence-corrected chi connectivity index (χ4v) is 3.49. The molecule has 0 saturated carbocycles. The Morgan fingerprint density at radius 2 is 2.00 bits per heavy atom. The summed E-state index contributed by atoms with van der Waals surface area (Å²) in [6.45, 7) is 4.20. The summed E-state index contributed by atoms with van der Waals surface area (Å²) >= 11 is 0. The molecule has 0 radical (unpaired) electrons. The number of carbonyl (C=O) groups is 1. The van der Waals surface area contributed by atoms with Crippen LogP contribution in [-0.2, 0) is 21.0 Å². The van der Waals surface area contributed by atoms with Crippen LogP contribution >= 0.6 is 0 Å². The molecule has 3 heterocycles. The van der Waals surface area contributed by atoms with Crippen molar-refractivity contribution in [3.05, 3.63) is 77.5 Å². The molecule has 7 heteroatoms. The predicted molar refractivity (Wildman–Crippen MR) is 113 cm³/mol. The van der Waals surface area contributed by atoms with Crippen molar-refractivity contribution in [2.75, 3.05) is 12.2 Å². The molecule has 0 fully saturated rings. The Kier molecular flexibility index (Phi) is 5.52. The van der Waals surface area contributed by atoms with Crippen LogP contribution in [-0.4, -0.2) is 23.8 Å². The first kappa shape index (κ1) is 19.7. The largest absolute Gasteiger partial charge is 0.485 e. The fraction of sp³-hybridized carbons (Fsp3) is 0.261. The Morgan fingerprint density at radius 1 is 1.20 bits per heavy atom. The van der Waals surface area contributed by atoms with Crippen LogP contribution in [0.15, 0.2) is 76.9 Å². The van der Waals surface area contributed by atoms with Crippen molar-refractivity contribution < 1.29 is 19.1 Å². The zero-order valence-electron chi connectivity index (χ0n) is 17.2. The van der Waals surface area contributed by atoms with Gasteiger partial charge in [0.1, 0.15) is 18.2 Å². The highest BCUT2D eigenvalue weighted by Gasteiger charge is 2.39. The van der Waals surface area contributed by atoms with Crippen molar-refractivity contribution in [3.8, 4) is 5.75 Å². The average molecular weight is 405 g/mol. The first-order valence-electron chi connectivity index (χ1n) is 9.79. The number of methoxy groups -OCH3 is 1. The number of hydrogen-bond donors (Lipinski definition) is 0. The van der Waals surface area contributed by atoms with Gasteiger partial charge in [0, 0.05) is 23.9 Å². The molecule has 0 saturated heterocycles. The molecule has 154 valence electrons. The van der Waals surface area contributed by atoms with Gasteiger partial charge in [-0.15, -0.1) is 0 Å². The maximum Gasteiger partial charge on any atom is 0.319 e. The summed E-state index contributed by atoms with van der Waals surface area (Å²) in [5.74, 6) is 0.825. The molecular formula is C23H23N3O4. The molecular weight excluding hydrogens is 382 g/mol. The number of nitrogens with zero attached hydrogens (tertiary/aromatic N) is 3. The highest BCUT2D eigenvalue weighted by Crippen LogP contribution is 2.40. The lowest BCUT2D eigenvalue weighted by Gasteiger charge is -2.28. The Labute approximate surface area is 175 Å². The molecule has 2 aliphatic rings. The maximum atomic E-state index is 12.4. The number of aromatic nitrogens is 1. The number of pyridine rings is 1. The lowest BCUT2D eigenvalue weighted by Crippen LogP contribution is -2.28. The van der Waals surface area contributed by atoms with E-state index in [-0.39, 0.29) is 5.97 Å². The minimum Gasteiger partial charge on any atom is -0.485 e. The van der Waals surface area contributed by atoms with Gasteiger partial charge >= 0.3 is 5.97 Å². The first-order chi connectivity index (χ1) is 14.6. The molecule has 0 bridgehead atoms. The van der Waals surface area contributed by atoms with E-state index in [0.29, 0.717) is 41.8 Å². The topological polar surface area (TPSA) is 73.2 Å². The van der Waals surface area contributed by atoms with Crippen LogP contribution in [0, 0.1) is 5.92 Å². The van der Waals surface area contributed by atoms with Gasteiger partial charge in [-0.1, -0.05) is 37.3 Å². The van der Waals surface area contributed by atoms with Crippen molar-refractivity contribution in [2.24, 2.45) is 10.9 Å². The second-order valence-corrected chi connectivity index (χ2v) is 6.94. The number of benzene rings is 1. The minimum atomic E-state index is -0.560. The molecule has 2 aromatic rings. The summed E-state index contributed by atoms with van der Waals surface area (Å²) < 4.78 is 11.0. The summed E-state index contributed by atoms with van der Waals surface area (Å²) in [6, 6.07) is 13.5. The van der Waals surface area contributed by atoms with Gasteiger partial charge in [0.2, 0.25) is 5.82 Å². The highest BCUT2D eigenvalue weighted by molar-refractivity contribution is 6.07. The summed E-state index contributed by atoms with van der Waals surface area (Å²) in [4.78, 5) is 27.5. The van der Waals surface area contributed by atoms with Gasteiger partial charge in [-0.05, 0) is 24.6 Å². The highest BCUT2D eigenvalue weighted by atomic mass is 16.7. The average Bonchev–Trinajstić information content (AvgIpc) is 3.13. The van der Waals surface area contributed by atoms with Crippen LogP contribution < -0.4 is 9.80 Å². The lowest BCUT2D eigenvalue weighted by molar-refractivity contribution is -0.141. The van der Waals surface area contributed by atoms with E-state index in [0.717, 1.165) is 11.1 Å². The van der Waals surface area contributed by atoms with Crippen LogP contribution in [0.5, 0.6) is 5.75 Å². The fourth-order valence-electron chi connectivity index (χ4n) is 3.49. The van der Waals surface area contributed by atoms with E-state index in [4.69, 9.17) is 14.3 Å². The Morgan fingerprint density at radius 3 is 2.73 bits per heavy atom. The van der Waals surface area contributed by atoms with Gasteiger partial charge < -0.3 is 14.3 Å². The third-order valence-corrected chi connectivity index (χ3v) is 4.97. The van der Waals surface area contributed by atoms with E-state index in [2.05, 4.69) is 9.98 Å². The van der Waals surface area contributed by atoms with Crippen LogP contribution in [0.3, 0.4) is 0 Å². The third-order valence-electron chi connectivity index (χ3n) is 4.97. The van der Waals surface area contributed by atoms with Crippen molar-refractivity contribution in [2.45, 2.75) is 26.9 Å². The second-order valence-electron chi connectivity index (χ2n) is 6.94. The van der Waals surface area contributed by atoms with E-state index >= 15 is 0 Å². The Bertz CT molecular complexity index is 1040. The molecule has 2 aliphatic heterocycles. The van der Waals surface area contributed by atoms with E-state index in [1.807, 2.05) is 56.3 Å². The van der Waals surface area contributed by atoms with Crippen molar-refractivity contribution >= 4 is 17.5 Å². The lowest BCUT2D eigenvalue weighted by atomic mass is 9.95. The zero-order valence-corrected chi connectivity index (χ0v) is 17.2. The first-order valence-corrected chi connectivity index (χ1v) is 9.79. The summed E-state index contributed by atoms with van der Waals surface area (Å²) in [5.41, 5.74) is 3.15. The minimum absolute atomic E-state index is 0.351. The smallest absolute Gasteiger partial charge is 0.319 e. The van der Waals surface area contributed by atoms with Crippen LogP contribution in [0.2, 0.25) is 0 Å². The summed E-state index contributed by atoms with van der Waals surface area (Å²) in [5, 5.41) is 1.54. The van der Waals surface area contributed by atoms with E-state index < -0.39 is 5.92 Å². The molecule has 4 rings (SSSR count). The number of esters is 1. The molecule has 0 N–H and O–H groups in total. The van der Waals surface area contributed by atoms with Crippen molar-refractivity contribution in [1.29, 1.82) is 0 Å². The van der Waals surface area contributed by atoms with Crippen LogP contribution in [0.25, 0.3) is 0 Å². The van der Waals surface area contributed by atoms with Crippen LogP contribution in [0.1, 0.15) is 25.8 Å². The van der Waals surface area contributed by atoms with Gasteiger partial charge in [0.25, 0.3) is 0 Å². The maximum absolute atomic E-state index is 12.4. The second kappa shape index (κ2) is 8.41. The molecule has 7 nitrogen and oxygen atoms in total. The number of hydroxylamine groups is 1. The molecule has 0 amide bonds. The normalized spacial score (nSPS) is 17.7. The number of fused-ring (bicyclic) bond motifs is 1. The molecule has 0 spiro atoms. The number of anilines is 1. The molecule has 30 heavy (non-hydrogen) atoms. The van der Waals surface area contributed by atoms with E-state index in [1.165, 1.54) is 7.11 Å². The van der Waals surface area contributed by atoms with Gasteiger partial charge in [-0.3, -0.25) is 9.79 Å². The standard InChI is InChI=1S/C23H23N3O4/c1-4-18-21-17(20(15(2)25-21)23(27)28-3)13-26(30-18)22-19(11-8-12-24-22)29-14-16-9-6-5-7-10-16/h5-13,20H,4,14H2,1-3H3. The SMILES string of the molecule is CCC1=C2N=C(C)C(C(=O)OC)C2=CN(c2ncccc2OCc2ccccc2)O1. The van der Waals surface area contributed by atoms with Gasteiger partial charge in [-0.25, -0.2) is 4.98 Å². The Balaban J connectivity index is 1.66. The Hall–Kier alpha value is -3.61. The number of ether oxygens (including phenoxy) is 2. The van der Waals surface area contributed by atoms with Gasteiger partial charge in [-0.2, -0.15) is 5.06 Å². The third kappa shape index (κ3) is 3.66. The number of aliphatic imine (C=N–C) groups is 1. The number of allylic oxidation sites excluding steroid dienone is 2. The van der Waals surface area contributed by atoms with E-state index in [1.54, 1.807) is 17.5 Å². The predicted octanol–water partition coefficient (Wildman–Crippen LogP) is 4.18. The molecule has 1 aromatic heterocycles. The number of rotatable bonds is 6. The van der Waals surface area contributed by atoms with Crippen molar-refractivity contribution in [3.63, 3.8) is 0 Å². The zero-order chi connectivity index (χ0) is 21.1. The van der Waals surface area contributed by atoms with Crippen molar-refractivity contribution in [1.82, 2.24) is 4.98 Å². The van der Waals surface area contributed by atoms with Gasteiger partial charge in [0.05, 0.1) is 13.3 Å².